The molecule has 9 heteroatoms. The number of sulfonamides is 1. The fourth-order valence-electron chi connectivity index (χ4n) is 3.99. The van der Waals surface area contributed by atoms with Crippen LogP contribution < -0.4 is 0 Å². The Hall–Kier alpha value is -2.52. The molecule has 0 atom stereocenters. The SMILES string of the molecule is CCCn1c(C)cnc1-c1nn(C)c2c1CN(S(=O)(=O)c1ccc(C)c(F)c1)CC2. The van der Waals surface area contributed by atoms with Crippen molar-refractivity contribution in [2.24, 2.45) is 7.05 Å². The van der Waals surface area contributed by atoms with E-state index in [1.165, 1.54) is 16.4 Å². The summed E-state index contributed by atoms with van der Waals surface area (Å²) in [7, 11) is -1.94. The lowest BCUT2D eigenvalue weighted by Crippen LogP contribution is -2.36. The van der Waals surface area contributed by atoms with Gasteiger partial charge in [0.05, 0.1) is 4.90 Å². The number of halogens is 1. The summed E-state index contributed by atoms with van der Waals surface area (Å²) in [6, 6.07) is 4.06. The van der Waals surface area contributed by atoms with E-state index in [1.54, 1.807) is 6.92 Å². The Kier molecular flexibility index (Phi) is 5.27. The van der Waals surface area contributed by atoms with Crippen molar-refractivity contribution in [3.05, 3.63) is 52.7 Å². The number of nitrogens with zero attached hydrogens (tertiary/aromatic N) is 5. The van der Waals surface area contributed by atoms with Crippen molar-refractivity contribution in [1.82, 2.24) is 23.6 Å². The van der Waals surface area contributed by atoms with Gasteiger partial charge in [-0.15, -0.1) is 0 Å². The predicted molar refractivity (Wildman–Crippen MR) is 112 cm³/mol. The highest BCUT2D eigenvalue weighted by Gasteiger charge is 2.33. The third-order valence-electron chi connectivity index (χ3n) is 5.70. The van der Waals surface area contributed by atoms with E-state index in [-0.39, 0.29) is 11.4 Å². The average Bonchev–Trinajstić information content (AvgIpc) is 3.24. The van der Waals surface area contributed by atoms with Crippen molar-refractivity contribution < 1.29 is 12.8 Å². The lowest BCUT2D eigenvalue weighted by atomic mass is 10.1. The number of hydrogen-bond donors (Lipinski definition) is 0. The van der Waals surface area contributed by atoms with E-state index in [0.29, 0.717) is 24.2 Å². The molecule has 7 nitrogen and oxygen atoms in total. The van der Waals surface area contributed by atoms with Crippen LogP contribution in [0, 0.1) is 19.7 Å². The fourth-order valence-corrected chi connectivity index (χ4v) is 5.41. The molecule has 0 N–H and O–H groups in total. The molecule has 0 saturated carbocycles. The Morgan fingerprint density at radius 3 is 2.70 bits per heavy atom. The summed E-state index contributed by atoms with van der Waals surface area (Å²) in [4.78, 5) is 4.54. The molecule has 1 aliphatic rings. The molecule has 0 amide bonds. The minimum Gasteiger partial charge on any atom is -0.327 e. The molecule has 160 valence electrons. The van der Waals surface area contributed by atoms with Gasteiger partial charge in [-0.25, -0.2) is 17.8 Å². The Balaban J connectivity index is 1.75. The van der Waals surface area contributed by atoms with E-state index in [9.17, 15) is 12.8 Å². The van der Waals surface area contributed by atoms with Crippen molar-refractivity contribution in [1.29, 1.82) is 0 Å². The topological polar surface area (TPSA) is 73.0 Å². The van der Waals surface area contributed by atoms with Gasteiger partial charge in [-0.2, -0.15) is 9.40 Å². The molecular formula is C21H26FN5O2S. The normalized spacial score (nSPS) is 14.8. The number of benzene rings is 1. The van der Waals surface area contributed by atoms with E-state index in [4.69, 9.17) is 0 Å². The minimum atomic E-state index is -3.82. The Morgan fingerprint density at radius 2 is 2.00 bits per heavy atom. The van der Waals surface area contributed by atoms with Gasteiger partial charge in [0, 0.05) is 56.3 Å². The molecule has 3 heterocycles. The maximum absolute atomic E-state index is 14.0. The second-order valence-corrected chi connectivity index (χ2v) is 9.71. The zero-order chi connectivity index (χ0) is 21.6. The molecule has 1 aliphatic heterocycles. The molecule has 0 radical (unpaired) electrons. The monoisotopic (exact) mass is 431 g/mol. The number of rotatable bonds is 5. The first kappa shape index (κ1) is 20.7. The lowest BCUT2D eigenvalue weighted by molar-refractivity contribution is 0.386. The van der Waals surface area contributed by atoms with Crippen LogP contribution in [0.5, 0.6) is 0 Å². The van der Waals surface area contributed by atoms with Crippen molar-refractivity contribution in [2.45, 2.75) is 51.6 Å². The molecule has 1 aromatic carbocycles. The predicted octanol–water partition coefficient (Wildman–Crippen LogP) is 3.20. The van der Waals surface area contributed by atoms with Gasteiger partial charge in [0.25, 0.3) is 0 Å². The van der Waals surface area contributed by atoms with Gasteiger partial charge in [0.15, 0.2) is 5.82 Å². The summed E-state index contributed by atoms with van der Waals surface area (Å²) in [5.74, 6) is 0.236. The zero-order valence-corrected chi connectivity index (χ0v) is 18.5. The van der Waals surface area contributed by atoms with E-state index >= 15 is 0 Å². The third kappa shape index (κ3) is 3.35. The highest BCUT2D eigenvalue weighted by atomic mass is 32.2. The summed E-state index contributed by atoms with van der Waals surface area (Å²) in [5, 5.41) is 4.69. The standard InChI is InChI=1S/C21H26FN5O2S/c1-5-9-27-15(3)12-23-21(27)20-17-13-26(10-8-19(17)25(4)24-20)30(28,29)16-7-6-14(2)18(22)11-16/h6-7,11-12H,5,8-10,13H2,1-4H3. The van der Waals surface area contributed by atoms with Crippen LogP contribution in [0.2, 0.25) is 0 Å². The van der Waals surface area contributed by atoms with Crippen LogP contribution in [0.1, 0.15) is 35.9 Å². The maximum Gasteiger partial charge on any atom is 0.243 e. The van der Waals surface area contributed by atoms with Gasteiger partial charge in [0.2, 0.25) is 10.0 Å². The van der Waals surface area contributed by atoms with Crippen LogP contribution in [0.25, 0.3) is 11.5 Å². The Labute approximate surface area is 176 Å². The lowest BCUT2D eigenvalue weighted by Gasteiger charge is -2.27. The van der Waals surface area contributed by atoms with Crippen LogP contribution in [0.15, 0.2) is 29.3 Å². The first-order valence-electron chi connectivity index (χ1n) is 10.1. The highest BCUT2D eigenvalue weighted by molar-refractivity contribution is 7.89. The van der Waals surface area contributed by atoms with Crippen molar-refractivity contribution >= 4 is 10.0 Å². The molecule has 0 saturated heterocycles. The van der Waals surface area contributed by atoms with Crippen molar-refractivity contribution in [3.8, 4) is 11.5 Å². The molecule has 2 aromatic heterocycles. The van der Waals surface area contributed by atoms with Crippen LogP contribution in [-0.4, -0.2) is 38.6 Å². The van der Waals surface area contributed by atoms with Gasteiger partial charge in [-0.05, 0) is 38.0 Å². The van der Waals surface area contributed by atoms with Crippen LogP contribution in [-0.2, 0) is 36.6 Å². The minimum absolute atomic E-state index is 0.0252. The zero-order valence-electron chi connectivity index (χ0n) is 17.7. The first-order chi connectivity index (χ1) is 14.2. The first-order valence-corrected chi connectivity index (χ1v) is 11.5. The van der Waals surface area contributed by atoms with Gasteiger partial charge >= 0.3 is 0 Å². The van der Waals surface area contributed by atoms with E-state index in [2.05, 4.69) is 21.6 Å². The van der Waals surface area contributed by atoms with Crippen molar-refractivity contribution in [2.75, 3.05) is 6.54 Å². The number of hydrogen-bond acceptors (Lipinski definition) is 4. The molecule has 0 spiro atoms. The maximum atomic E-state index is 14.0. The largest absolute Gasteiger partial charge is 0.327 e. The van der Waals surface area contributed by atoms with Crippen LogP contribution in [0.3, 0.4) is 0 Å². The number of fused-ring (bicyclic) bond motifs is 1. The highest BCUT2D eigenvalue weighted by Crippen LogP contribution is 2.32. The summed E-state index contributed by atoms with van der Waals surface area (Å²) in [6.45, 7) is 7.05. The molecule has 0 aliphatic carbocycles. The van der Waals surface area contributed by atoms with Gasteiger partial charge < -0.3 is 4.57 Å². The van der Waals surface area contributed by atoms with E-state index in [0.717, 1.165) is 41.8 Å². The molecule has 4 rings (SSSR count). The molecule has 0 unspecified atom stereocenters. The molecule has 0 fully saturated rings. The van der Waals surface area contributed by atoms with Crippen molar-refractivity contribution in [3.63, 3.8) is 0 Å². The second-order valence-electron chi connectivity index (χ2n) is 7.77. The summed E-state index contributed by atoms with van der Waals surface area (Å²) >= 11 is 0. The van der Waals surface area contributed by atoms with Crippen LogP contribution >= 0.6 is 0 Å². The average molecular weight is 432 g/mol. The van der Waals surface area contributed by atoms with Crippen LogP contribution in [0.4, 0.5) is 4.39 Å². The van der Waals surface area contributed by atoms with E-state index < -0.39 is 15.8 Å². The molecular weight excluding hydrogens is 405 g/mol. The van der Waals surface area contributed by atoms with E-state index in [1.807, 2.05) is 24.9 Å². The summed E-state index contributed by atoms with van der Waals surface area (Å²) in [5.41, 5.74) is 4.05. The Morgan fingerprint density at radius 1 is 1.23 bits per heavy atom. The smallest absolute Gasteiger partial charge is 0.243 e. The molecule has 30 heavy (non-hydrogen) atoms. The summed E-state index contributed by atoms with van der Waals surface area (Å²) in [6.07, 6.45) is 3.32. The van der Waals surface area contributed by atoms with Gasteiger partial charge in [-0.3, -0.25) is 4.68 Å². The number of imidazole rings is 1. The van der Waals surface area contributed by atoms with Gasteiger partial charge in [-0.1, -0.05) is 13.0 Å². The summed E-state index contributed by atoms with van der Waals surface area (Å²) < 4.78 is 45.8. The third-order valence-corrected chi connectivity index (χ3v) is 7.54. The molecule has 3 aromatic rings. The molecule has 0 bridgehead atoms. The fraction of sp³-hybridized carbons (Fsp3) is 0.429. The Bertz CT molecular complexity index is 1210. The quantitative estimate of drug-likeness (QED) is 0.622. The number of aryl methyl sites for hydroxylation is 3. The second kappa shape index (κ2) is 7.63. The number of aromatic nitrogens is 4. The van der Waals surface area contributed by atoms with Gasteiger partial charge in [0.1, 0.15) is 11.5 Å².